The van der Waals surface area contributed by atoms with Gasteiger partial charge in [-0.1, -0.05) is 12.1 Å². The molecule has 2 N–H and O–H groups in total. The highest BCUT2D eigenvalue weighted by Crippen LogP contribution is 2.13. The molecule has 1 atom stereocenters. The average Bonchev–Trinajstić information content (AvgIpc) is 2.93. The lowest BCUT2D eigenvalue weighted by Crippen LogP contribution is -2.45. The number of nitrogens with one attached hydrogen (secondary N) is 2. The standard InChI is InChI=1S/C17H18N4O5/c1-2-20(12-9-13(22)18-16(12)25)14(23)7-8-21-11-6-4-3-5-10(11)15(24)19-17(21)26/h3-6,12H,2,7-9H2,1H3,(H,18,22,25)(H,19,24,26)/t12-/m1/s1. The average molecular weight is 358 g/mol. The van der Waals surface area contributed by atoms with Gasteiger partial charge in [-0.15, -0.1) is 0 Å². The van der Waals surface area contributed by atoms with E-state index in [0.29, 0.717) is 10.9 Å². The number of carbonyl (C=O) groups is 3. The lowest BCUT2D eigenvalue weighted by molar-refractivity contribution is -0.138. The van der Waals surface area contributed by atoms with Crippen molar-refractivity contribution in [2.75, 3.05) is 6.54 Å². The van der Waals surface area contributed by atoms with Crippen molar-refractivity contribution in [3.63, 3.8) is 0 Å². The number of nitrogens with zero attached hydrogens (tertiary/aromatic N) is 2. The summed E-state index contributed by atoms with van der Waals surface area (Å²) < 4.78 is 1.32. The van der Waals surface area contributed by atoms with Crippen molar-refractivity contribution in [2.45, 2.75) is 32.4 Å². The number of benzene rings is 1. The zero-order valence-corrected chi connectivity index (χ0v) is 14.2. The minimum absolute atomic E-state index is 0.0399. The minimum atomic E-state index is -0.816. The molecule has 9 nitrogen and oxygen atoms in total. The number of hydrogen-bond donors (Lipinski definition) is 2. The van der Waals surface area contributed by atoms with Gasteiger partial charge in [0.15, 0.2) is 0 Å². The van der Waals surface area contributed by atoms with E-state index in [2.05, 4.69) is 10.3 Å². The molecule has 3 rings (SSSR count). The van der Waals surface area contributed by atoms with E-state index in [0.717, 1.165) is 0 Å². The zero-order chi connectivity index (χ0) is 18.8. The number of likely N-dealkylation sites (N-methyl/N-ethyl adjacent to an activating group) is 1. The van der Waals surface area contributed by atoms with Crippen LogP contribution in [0.2, 0.25) is 0 Å². The first kappa shape index (κ1) is 17.6. The van der Waals surface area contributed by atoms with Crippen LogP contribution in [-0.2, 0) is 20.9 Å². The zero-order valence-electron chi connectivity index (χ0n) is 14.2. The van der Waals surface area contributed by atoms with Gasteiger partial charge in [-0.3, -0.25) is 34.0 Å². The van der Waals surface area contributed by atoms with E-state index in [-0.39, 0.29) is 31.8 Å². The predicted octanol–water partition coefficient (Wildman–Crippen LogP) is -0.656. The molecule has 0 aliphatic carbocycles. The Morgan fingerprint density at radius 3 is 2.62 bits per heavy atom. The third kappa shape index (κ3) is 3.15. The van der Waals surface area contributed by atoms with Crippen LogP contribution in [-0.4, -0.2) is 44.8 Å². The van der Waals surface area contributed by atoms with Crippen LogP contribution < -0.4 is 16.6 Å². The van der Waals surface area contributed by atoms with E-state index in [1.807, 2.05) is 0 Å². The van der Waals surface area contributed by atoms with Crippen molar-refractivity contribution in [2.24, 2.45) is 0 Å². The van der Waals surface area contributed by atoms with E-state index < -0.39 is 29.1 Å². The van der Waals surface area contributed by atoms with Crippen LogP contribution >= 0.6 is 0 Å². The van der Waals surface area contributed by atoms with Crippen molar-refractivity contribution in [1.29, 1.82) is 0 Å². The molecule has 3 amide bonds. The maximum Gasteiger partial charge on any atom is 0.328 e. The molecule has 0 bridgehead atoms. The molecule has 0 radical (unpaired) electrons. The lowest BCUT2D eigenvalue weighted by atomic mass is 10.2. The van der Waals surface area contributed by atoms with Crippen LogP contribution in [0.25, 0.3) is 10.9 Å². The maximum absolute atomic E-state index is 12.5. The van der Waals surface area contributed by atoms with Gasteiger partial charge in [0.05, 0.1) is 17.3 Å². The molecule has 1 aromatic heterocycles. The molecule has 136 valence electrons. The van der Waals surface area contributed by atoms with Crippen molar-refractivity contribution < 1.29 is 14.4 Å². The molecule has 1 aliphatic heterocycles. The summed E-state index contributed by atoms with van der Waals surface area (Å²) >= 11 is 0. The Labute approximate surface area is 147 Å². The van der Waals surface area contributed by atoms with E-state index >= 15 is 0 Å². The summed E-state index contributed by atoms with van der Waals surface area (Å²) in [6.07, 6.45) is -0.0955. The molecule has 9 heteroatoms. The highest BCUT2D eigenvalue weighted by atomic mass is 16.2. The van der Waals surface area contributed by atoms with Gasteiger partial charge in [0, 0.05) is 19.5 Å². The summed E-state index contributed by atoms with van der Waals surface area (Å²) in [5, 5.41) is 2.54. The number of rotatable bonds is 5. The molecule has 1 aliphatic rings. The Kier molecular flexibility index (Phi) is 4.70. The van der Waals surface area contributed by atoms with Gasteiger partial charge in [0.2, 0.25) is 17.7 Å². The summed E-state index contributed by atoms with van der Waals surface area (Å²) in [5.74, 6) is -1.24. The third-order valence-electron chi connectivity index (χ3n) is 4.44. The Morgan fingerprint density at radius 1 is 1.23 bits per heavy atom. The van der Waals surface area contributed by atoms with Gasteiger partial charge < -0.3 is 4.90 Å². The molecule has 26 heavy (non-hydrogen) atoms. The van der Waals surface area contributed by atoms with Crippen LogP contribution in [0.1, 0.15) is 19.8 Å². The molecule has 0 spiro atoms. The molecule has 2 aromatic rings. The number of hydrogen-bond acceptors (Lipinski definition) is 5. The first-order valence-electron chi connectivity index (χ1n) is 8.27. The van der Waals surface area contributed by atoms with Gasteiger partial charge >= 0.3 is 5.69 Å². The molecule has 1 aromatic carbocycles. The van der Waals surface area contributed by atoms with Crippen LogP contribution in [0.5, 0.6) is 0 Å². The quantitative estimate of drug-likeness (QED) is 0.688. The highest BCUT2D eigenvalue weighted by Gasteiger charge is 2.36. The van der Waals surface area contributed by atoms with E-state index in [4.69, 9.17) is 0 Å². The number of H-pyrrole nitrogens is 1. The lowest BCUT2D eigenvalue weighted by Gasteiger charge is -2.25. The van der Waals surface area contributed by atoms with Gasteiger partial charge in [-0.2, -0.15) is 0 Å². The fraction of sp³-hybridized carbons (Fsp3) is 0.353. The van der Waals surface area contributed by atoms with Crippen molar-refractivity contribution in [3.8, 4) is 0 Å². The Morgan fingerprint density at radius 2 is 1.96 bits per heavy atom. The number of para-hydroxylation sites is 1. The molecular formula is C17H18N4O5. The second-order valence-electron chi connectivity index (χ2n) is 5.99. The summed E-state index contributed by atoms with van der Waals surface area (Å²) in [4.78, 5) is 63.3. The Balaban J connectivity index is 1.83. The van der Waals surface area contributed by atoms with Crippen LogP contribution in [0.3, 0.4) is 0 Å². The van der Waals surface area contributed by atoms with Crippen LogP contribution in [0, 0.1) is 0 Å². The molecular weight excluding hydrogens is 340 g/mol. The minimum Gasteiger partial charge on any atom is -0.330 e. The van der Waals surface area contributed by atoms with Gasteiger partial charge in [0.25, 0.3) is 5.56 Å². The second kappa shape index (κ2) is 6.95. The fourth-order valence-electron chi connectivity index (χ4n) is 3.18. The number of fused-ring (bicyclic) bond motifs is 1. The molecule has 1 fully saturated rings. The van der Waals surface area contributed by atoms with E-state index in [1.54, 1.807) is 31.2 Å². The highest BCUT2D eigenvalue weighted by molar-refractivity contribution is 6.06. The SMILES string of the molecule is CCN(C(=O)CCn1c(=O)[nH]c(=O)c2ccccc21)[C@@H]1CC(=O)NC1=O. The molecule has 1 saturated heterocycles. The first-order chi connectivity index (χ1) is 12.4. The fourth-order valence-corrected chi connectivity index (χ4v) is 3.18. The van der Waals surface area contributed by atoms with Gasteiger partial charge in [-0.25, -0.2) is 4.79 Å². The summed E-state index contributed by atoms with van der Waals surface area (Å²) in [5.41, 5.74) is -0.645. The number of aryl methyl sites for hydroxylation is 1. The molecule has 0 saturated carbocycles. The number of aromatic amines is 1. The monoisotopic (exact) mass is 358 g/mol. The van der Waals surface area contributed by atoms with E-state index in [1.165, 1.54) is 9.47 Å². The summed E-state index contributed by atoms with van der Waals surface area (Å²) in [6.45, 7) is 2.04. The molecule has 0 unspecified atom stereocenters. The number of amides is 3. The third-order valence-corrected chi connectivity index (χ3v) is 4.44. The number of imide groups is 1. The van der Waals surface area contributed by atoms with E-state index in [9.17, 15) is 24.0 Å². The first-order valence-corrected chi connectivity index (χ1v) is 8.27. The second-order valence-corrected chi connectivity index (χ2v) is 5.99. The van der Waals surface area contributed by atoms with Crippen molar-refractivity contribution in [3.05, 3.63) is 45.1 Å². The number of carbonyl (C=O) groups excluding carboxylic acids is 3. The van der Waals surface area contributed by atoms with Crippen LogP contribution in [0.4, 0.5) is 0 Å². The predicted molar refractivity (Wildman–Crippen MR) is 92.4 cm³/mol. The maximum atomic E-state index is 12.5. The van der Waals surface area contributed by atoms with Crippen LogP contribution in [0.15, 0.2) is 33.9 Å². The summed E-state index contributed by atoms with van der Waals surface area (Å²) in [6, 6.07) is 5.80. The Hall–Kier alpha value is -3.23. The largest absolute Gasteiger partial charge is 0.330 e. The van der Waals surface area contributed by atoms with Crippen molar-refractivity contribution in [1.82, 2.24) is 19.8 Å². The smallest absolute Gasteiger partial charge is 0.328 e. The molecule has 2 heterocycles. The topological polar surface area (TPSA) is 121 Å². The number of aromatic nitrogens is 2. The normalized spacial score (nSPS) is 16.7. The Bertz CT molecular complexity index is 1010. The van der Waals surface area contributed by atoms with Gasteiger partial charge in [-0.05, 0) is 19.1 Å². The summed E-state index contributed by atoms with van der Waals surface area (Å²) in [7, 11) is 0. The van der Waals surface area contributed by atoms with Gasteiger partial charge in [0.1, 0.15) is 6.04 Å². The van der Waals surface area contributed by atoms with Crippen molar-refractivity contribution >= 4 is 28.6 Å².